The molecule has 8 heteroatoms. The molecule has 1 aliphatic rings. The minimum absolute atomic E-state index is 0.107. The number of aliphatic carboxylic acids is 1. The van der Waals surface area contributed by atoms with Crippen molar-refractivity contribution < 1.29 is 19.0 Å². The molecule has 36 heavy (non-hydrogen) atoms. The van der Waals surface area contributed by atoms with Crippen LogP contribution in [0.15, 0.2) is 42.7 Å². The normalized spacial score (nSPS) is 15.1. The Morgan fingerprint density at radius 2 is 1.94 bits per heavy atom. The number of hydrogen-bond acceptors (Lipinski definition) is 5. The molecule has 4 rings (SSSR count). The number of pyridine rings is 2. The summed E-state index contributed by atoms with van der Waals surface area (Å²) in [5, 5.41) is 9.95. The van der Waals surface area contributed by atoms with Crippen LogP contribution < -0.4 is 9.64 Å². The molecule has 0 amide bonds. The van der Waals surface area contributed by atoms with E-state index in [0.717, 1.165) is 48.3 Å². The van der Waals surface area contributed by atoms with Gasteiger partial charge in [-0.1, -0.05) is 37.6 Å². The molecule has 190 valence electrons. The zero-order chi connectivity index (χ0) is 25.9. The highest BCUT2D eigenvalue weighted by Gasteiger charge is 2.29. The lowest BCUT2D eigenvalue weighted by atomic mass is 9.82. The van der Waals surface area contributed by atoms with Crippen LogP contribution >= 0.6 is 11.6 Å². The fourth-order valence-corrected chi connectivity index (χ4v) is 4.76. The molecule has 1 saturated heterocycles. The van der Waals surface area contributed by atoms with Gasteiger partial charge in [0.1, 0.15) is 10.8 Å². The van der Waals surface area contributed by atoms with Crippen LogP contribution in [-0.2, 0) is 17.6 Å². The molecule has 6 nitrogen and oxygen atoms in total. The molecule has 1 N–H and O–H groups in total. The monoisotopic (exact) mass is 511 g/mol. The summed E-state index contributed by atoms with van der Waals surface area (Å²) in [4.78, 5) is 22.9. The van der Waals surface area contributed by atoms with E-state index in [1.165, 1.54) is 12.1 Å². The molecule has 1 fully saturated rings. The molecule has 0 atom stereocenters. The quantitative estimate of drug-likeness (QED) is 0.392. The van der Waals surface area contributed by atoms with Gasteiger partial charge in [0.05, 0.1) is 18.7 Å². The van der Waals surface area contributed by atoms with Gasteiger partial charge in [0, 0.05) is 54.3 Å². The third-order valence-electron chi connectivity index (χ3n) is 6.76. The van der Waals surface area contributed by atoms with Crippen LogP contribution in [0, 0.1) is 18.2 Å². The van der Waals surface area contributed by atoms with Gasteiger partial charge in [-0.15, -0.1) is 0 Å². The SMILES string of the molecule is Cc1ncc(-c2cnc(OCCc3cccc(F)c3)c(Cl)c2)c(N2CCC(C)(C)CC2)c1CC(=O)O. The van der Waals surface area contributed by atoms with E-state index < -0.39 is 5.97 Å². The zero-order valence-electron chi connectivity index (χ0n) is 20.9. The summed E-state index contributed by atoms with van der Waals surface area (Å²) < 4.78 is 19.2. The number of ether oxygens (including phenoxy) is 1. The van der Waals surface area contributed by atoms with Gasteiger partial charge in [-0.05, 0) is 48.9 Å². The van der Waals surface area contributed by atoms with Crippen molar-refractivity contribution in [1.82, 2.24) is 9.97 Å². The molecule has 0 bridgehead atoms. The maximum Gasteiger partial charge on any atom is 0.307 e. The zero-order valence-corrected chi connectivity index (χ0v) is 21.6. The predicted molar refractivity (Wildman–Crippen MR) is 139 cm³/mol. The van der Waals surface area contributed by atoms with Crippen molar-refractivity contribution in [3.05, 3.63) is 70.4 Å². The number of piperidine rings is 1. The number of carboxylic acid groups (broad SMARTS) is 1. The van der Waals surface area contributed by atoms with E-state index in [9.17, 15) is 14.3 Å². The van der Waals surface area contributed by atoms with Crippen LogP contribution in [0.25, 0.3) is 11.1 Å². The molecule has 0 aliphatic carbocycles. The van der Waals surface area contributed by atoms with E-state index in [0.29, 0.717) is 35.2 Å². The topological polar surface area (TPSA) is 75.6 Å². The fraction of sp³-hybridized carbons (Fsp3) is 0.393. The number of carboxylic acids is 1. The minimum Gasteiger partial charge on any atom is -0.481 e. The van der Waals surface area contributed by atoms with Gasteiger partial charge in [0.25, 0.3) is 0 Å². The third-order valence-corrected chi connectivity index (χ3v) is 7.03. The molecular formula is C28H31ClFN3O3. The first-order valence-electron chi connectivity index (χ1n) is 12.1. The van der Waals surface area contributed by atoms with Crippen molar-refractivity contribution in [2.24, 2.45) is 5.41 Å². The molecule has 1 aliphatic heterocycles. The van der Waals surface area contributed by atoms with Crippen molar-refractivity contribution in [2.75, 3.05) is 24.6 Å². The Labute approximate surface area is 216 Å². The molecule has 3 aromatic rings. The number of halogens is 2. The molecule has 0 unspecified atom stereocenters. The number of benzene rings is 1. The average Bonchev–Trinajstić information content (AvgIpc) is 2.81. The fourth-order valence-electron chi connectivity index (χ4n) is 4.54. The summed E-state index contributed by atoms with van der Waals surface area (Å²) in [6.07, 6.45) is 5.89. The highest BCUT2D eigenvalue weighted by molar-refractivity contribution is 6.32. The summed E-state index contributed by atoms with van der Waals surface area (Å²) >= 11 is 6.54. The highest BCUT2D eigenvalue weighted by atomic mass is 35.5. The number of anilines is 1. The van der Waals surface area contributed by atoms with E-state index in [2.05, 4.69) is 28.7 Å². The first-order valence-corrected chi connectivity index (χ1v) is 12.5. The summed E-state index contributed by atoms with van der Waals surface area (Å²) in [5.41, 5.74) is 4.94. The third kappa shape index (κ3) is 6.13. The Morgan fingerprint density at radius 1 is 1.19 bits per heavy atom. The van der Waals surface area contributed by atoms with Gasteiger partial charge in [-0.3, -0.25) is 9.78 Å². The number of aryl methyl sites for hydroxylation is 1. The number of carbonyl (C=O) groups is 1. The van der Waals surface area contributed by atoms with E-state index in [1.54, 1.807) is 24.5 Å². The van der Waals surface area contributed by atoms with E-state index in [4.69, 9.17) is 16.3 Å². The van der Waals surface area contributed by atoms with Gasteiger partial charge >= 0.3 is 5.97 Å². The summed E-state index contributed by atoms with van der Waals surface area (Å²) in [5.74, 6) is -0.882. The van der Waals surface area contributed by atoms with Crippen molar-refractivity contribution in [3.63, 3.8) is 0 Å². The molecule has 0 spiro atoms. The van der Waals surface area contributed by atoms with Gasteiger partial charge in [-0.2, -0.15) is 0 Å². The van der Waals surface area contributed by atoms with Crippen molar-refractivity contribution in [2.45, 2.75) is 46.5 Å². The maximum atomic E-state index is 13.4. The largest absolute Gasteiger partial charge is 0.481 e. The second-order valence-corrected chi connectivity index (χ2v) is 10.5. The lowest BCUT2D eigenvalue weighted by Gasteiger charge is -2.40. The minimum atomic E-state index is -0.895. The Balaban J connectivity index is 1.61. The lowest BCUT2D eigenvalue weighted by Crippen LogP contribution is -2.38. The average molecular weight is 512 g/mol. The molecule has 3 heterocycles. The number of rotatable bonds is 8. The van der Waals surface area contributed by atoms with Crippen molar-refractivity contribution in [3.8, 4) is 17.0 Å². The Morgan fingerprint density at radius 3 is 2.61 bits per heavy atom. The summed E-state index contributed by atoms with van der Waals surface area (Å²) in [6, 6.07) is 8.17. The first-order chi connectivity index (χ1) is 17.1. The van der Waals surface area contributed by atoms with Crippen LogP contribution in [0.1, 0.15) is 43.5 Å². The van der Waals surface area contributed by atoms with Crippen LogP contribution in [0.2, 0.25) is 5.02 Å². The second-order valence-electron chi connectivity index (χ2n) is 10.0. The molecule has 2 aromatic heterocycles. The Kier molecular flexibility index (Phi) is 7.79. The van der Waals surface area contributed by atoms with E-state index in [-0.39, 0.29) is 17.7 Å². The number of nitrogens with zero attached hydrogens (tertiary/aromatic N) is 3. The van der Waals surface area contributed by atoms with Crippen LogP contribution in [0.4, 0.5) is 10.1 Å². The Bertz CT molecular complexity index is 1250. The standard InChI is InChI=1S/C28H31ClFN3O3/c1-18-22(15-25(34)35)26(33-10-8-28(2,3)9-11-33)23(17-31-18)20-14-24(29)27(32-16-20)36-12-7-19-5-4-6-21(30)13-19/h4-6,13-14,16-17H,7-12,15H2,1-3H3,(H,34,35). The molecule has 1 aromatic carbocycles. The van der Waals surface area contributed by atoms with Crippen LogP contribution in [-0.4, -0.2) is 40.7 Å². The maximum absolute atomic E-state index is 13.4. The van der Waals surface area contributed by atoms with Gasteiger partial charge < -0.3 is 14.7 Å². The number of aromatic nitrogens is 2. The number of hydrogen-bond donors (Lipinski definition) is 1. The van der Waals surface area contributed by atoms with E-state index >= 15 is 0 Å². The Hall–Kier alpha value is -3.19. The van der Waals surface area contributed by atoms with Gasteiger partial charge in [0.2, 0.25) is 5.88 Å². The van der Waals surface area contributed by atoms with Crippen LogP contribution in [0.5, 0.6) is 5.88 Å². The van der Waals surface area contributed by atoms with Gasteiger partial charge in [-0.25, -0.2) is 9.37 Å². The van der Waals surface area contributed by atoms with Crippen molar-refractivity contribution in [1.29, 1.82) is 0 Å². The predicted octanol–water partition coefficient (Wildman–Crippen LogP) is 6.12. The smallest absolute Gasteiger partial charge is 0.307 e. The molecule has 0 saturated carbocycles. The van der Waals surface area contributed by atoms with E-state index in [1.807, 2.05) is 13.0 Å². The molecule has 0 radical (unpaired) electrons. The first kappa shape index (κ1) is 25.9. The lowest BCUT2D eigenvalue weighted by molar-refractivity contribution is -0.136. The van der Waals surface area contributed by atoms with Crippen LogP contribution in [0.3, 0.4) is 0 Å². The second kappa shape index (κ2) is 10.8. The highest BCUT2D eigenvalue weighted by Crippen LogP contribution is 2.40. The summed E-state index contributed by atoms with van der Waals surface area (Å²) in [7, 11) is 0. The van der Waals surface area contributed by atoms with Crippen molar-refractivity contribution >= 4 is 23.3 Å². The van der Waals surface area contributed by atoms with Gasteiger partial charge in [0.15, 0.2) is 0 Å². The molecular weight excluding hydrogens is 481 g/mol. The summed E-state index contributed by atoms with van der Waals surface area (Å²) in [6.45, 7) is 8.34.